The predicted molar refractivity (Wildman–Crippen MR) is 99.7 cm³/mol. The Labute approximate surface area is 154 Å². The van der Waals surface area contributed by atoms with Crippen molar-refractivity contribution in [2.24, 2.45) is 5.92 Å². The van der Waals surface area contributed by atoms with Crippen molar-refractivity contribution >= 4 is 11.9 Å². The maximum atomic E-state index is 12.7. The van der Waals surface area contributed by atoms with Gasteiger partial charge in [0, 0.05) is 13.1 Å². The largest absolute Gasteiger partial charge is 0.484 e. The van der Waals surface area contributed by atoms with Crippen LogP contribution in [0.4, 0.5) is 0 Å². The molecular weight excluding hydrogens is 330 g/mol. The van der Waals surface area contributed by atoms with Crippen molar-refractivity contribution in [3.05, 3.63) is 65.7 Å². The number of methoxy groups -OCH3 is 1. The van der Waals surface area contributed by atoms with Crippen molar-refractivity contribution in [1.82, 2.24) is 4.90 Å². The highest BCUT2D eigenvalue weighted by molar-refractivity contribution is 5.79. The molecule has 1 atom stereocenters. The first-order valence-corrected chi connectivity index (χ1v) is 8.59. The summed E-state index contributed by atoms with van der Waals surface area (Å²) in [6, 6.07) is 17.2. The summed E-state index contributed by atoms with van der Waals surface area (Å²) >= 11 is 0. The number of para-hydroxylation sites is 1. The van der Waals surface area contributed by atoms with Crippen LogP contribution in [0.5, 0.6) is 5.75 Å². The Morgan fingerprint density at radius 2 is 1.69 bits per heavy atom. The van der Waals surface area contributed by atoms with Gasteiger partial charge in [-0.15, -0.1) is 0 Å². The molecule has 2 aromatic rings. The highest BCUT2D eigenvalue weighted by atomic mass is 16.5. The monoisotopic (exact) mass is 355 g/mol. The van der Waals surface area contributed by atoms with Gasteiger partial charge in [0.05, 0.1) is 13.0 Å². The van der Waals surface area contributed by atoms with Crippen LogP contribution in [0.25, 0.3) is 0 Å². The van der Waals surface area contributed by atoms with Gasteiger partial charge in [-0.25, -0.2) is 0 Å². The summed E-state index contributed by atoms with van der Waals surface area (Å²) in [5.74, 6) is -0.240. The Hall–Kier alpha value is -2.82. The second-order valence-corrected chi connectivity index (χ2v) is 6.24. The molecule has 0 aliphatic heterocycles. The van der Waals surface area contributed by atoms with E-state index in [9.17, 15) is 9.59 Å². The van der Waals surface area contributed by atoms with Crippen molar-refractivity contribution in [3.63, 3.8) is 0 Å². The topological polar surface area (TPSA) is 55.8 Å². The molecule has 0 saturated heterocycles. The zero-order valence-corrected chi connectivity index (χ0v) is 15.5. The van der Waals surface area contributed by atoms with E-state index in [2.05, 4.69) is 0 Å². The molecule has 0 aliphatic carbocycles. The standard InChI is InChI=1S/C21H25NO4/c1-16-9-7-8-12-19(16)26-15-20(23)22(13-17(2)21(24)25-3)14-18-10-5-4-6-11-18/h4-12,17H,13-15H2,1-3H3. The molecule has 0 spiro atoms. The number of hydrogen-bond donors (Lipinski definition) is 0. The summed E-state index contributed by atoms with van der Waals surface area (Å²) in [4.78, 5) is 26.1. The lowest BCUT2D eigenvalue weighted by atomic mass is 10.1. The maximum absolute atomic E-state index is 12.7. The summed E-state index contributed by atoms with van der Waals surface area (Å²) in [5.41, 5.74) is 1.96. The van der Waals surface area contributed by atoms with Crippen LogP contribution in [0.15, 0.2) is 54.6 Å². The van der Waals surface area contributed by atoms with E-state index in [0.29, 0.717) is 12.3 Å². The van der Waals surface area contributed by atoms with E-state index in [-0.39, 0.29) is 25.0 Å². The van der Waals surface area contributed by atoms with Gasteiger partial charge in [0.2, 0.25) is 0 Å². The number of amides is 1. The first-order chi connectivity index (χ1) is 12.5. The van der Waals surface area contributed by atoms with E-state index in [4.69, 9.17) is 9.47 Å². The normalized spacial score (nSPS) is 11.5. The third-order valence-corrected chi connectivity index (χ3v) is 4.11. The molecular formula is C21H25NO4. The van der Waals surface area contributed by atoms with E-state index < -0.39 is 5.92 Å². The van der Waals surface area contributed by atoms with Crippen LogP contribution in [-0.2, 0) is 20.9 Å². The summed E-state index contributed by atoms with van der Waals surface area (Å²) in [7, 11) is 1.35. The van der Waals surface area contributed by atoms with Crippen molar-refractivity contribution in [2.45, 2.75) is 20.4 Å². The molecule has 0 heterocycles. The summed E-state index contributed by atoms with van der Waals surface area (Å²) < 4.78 is 10.5. The fourth-order valence-electron chi connectivity index (χ4n) is 2.61. The Balaban J connectivity index is 2.07. The van der Waals surface area contributed by atoms with Gasteiger partial charge in [0.15, 0.2) is 6.61 Å². The second kappa shape index (κ2) is 9.61. The van der Waals surface area contributed by atoms with Crippen LogP contribution in [0, 0.1) is 12.8 Å². The molecule has 5 nitrogen and oxygen atoms in total. The van der Waals surface area contributed by atoms with Gasteiger partial charge in [0.1, 0.15) is 5.75 Å². The molecule has 138 valence electrons. The molecule has 0 aliphatic rings. The van der Waals surface area contributed by atoms with Gasteiger partial charge >= 0.3 is 5.97 Å². The van der Waals surface area contributed by atoms with Gasteiger partial charge in [-0.1, -0.05) is 55.5 Å². The zero-order chi connectivity index (χ0) is 18.9. The summed E-state index contributed by atoms with van der Waals surface area (Å²) in [5, 5.41) is 0. The average Bonchev–Trinajstić information content (AvgIpc) is 2.66. The quantitative estimate of drug-likeness (QED) is 0.682. The number of rotatable bonds is 8. The molecule has 2 aromatic carbocycles. The summed E-state index contributed by atoms with van der Waals surface area (Å²) in [6.45, 7) is 4.29. The molecule has 0 radical (unpaired) electrons. The molecule has 26 heavy (non-hydrogen) atoms. The molecule has 2 rings (SSSR count). The van der Waals surface area contributed by atoms with Crippen LogP contribution in [0.3, 0.4) is 0 Å². The van der Waals surface area contributed by atoms with Crippen LogP contribution in [0.1, 0.15) is 18.1 Å². The maximum Gasteiger partial charge on any atom is 0.310 e. The second-order valence-electron chi connectivity index (χ2n) is 6.24. The molecule has 5 heteroatoms. The first-order valence-electron chi connectivity index (χ1n) is 8.59. The van der Waals surface area contributed by atoms with E-state index in [0.717, 1.165) is 11.1 Å². The lowest BCUT2D eigenvalue weighted by Crippen LogP contribution is -2.39. The van der Waals surface area contributed by atoms with Crippen LogP contribution in [0.2, 0.25) is 0 Å². The van der Waals surface area contributed by atoms with E-state index in [1.54, 1.807) is 11.8 Å². The summed E-state index contributed by atoms with van der Waals surface area (Å²) in [6.07, 6.45) is 0. The predicted octanol–water partition coefficient (Wildman–Crippen LogP) is 3.21. The average molecular weight is 355 g/mol. The van der Waals surface area contributed by atoms with Crippen LogP contribution < -0.4 is 4.74 Å². The van der Waals surface area contributed by atoms with Crippen molar-refractivity contribution in [3.8, 4) is 5.75 Å². The smallest absolute Gasteiger partial charge is 0.310 e. The Morgan fingerprint density at radius 3 is 2.35 bits per heavy atom. The van der Waals surface area contributed by atoms with E-state index >= 15 is 0 Å². The first kappa shape index (κ1) is 19.5. The number of ether oxygens (including phenoxy) is 2. The van der Waals surface area contributed by atoms with Crippen LogP contribution in [-0.4, -0.2) is 37.0 Å². The van der Waals surface area contributed by atoms with E-state index in [1.165, 1.54) is 7.11 Å². The lowest BCUT2D eigenvalue weighted by Gasteiger charge is -2.25. The SMILES string of the molecule is COC(=O)C(C)CN(Cc1ccccc1)C(=O)COc1ccccc1C. The number of hydrogen-bond acceptors (Lipinski definition) is 4. The highest BCUT2D eigenvalue weighted by Gasteiger charge is 2.22. The number of nitrogens with zero attached hydrogens (tertiary/aromatic N) is 1. The van der Waals surface area contributed by atoms with Crippen LogP contribution >= 0.6 is 0 Å². The van der Waals surface area contributed by atoms with E-state index in [1.807, 2.05) is 61.5 Å². The van der Waals surface area contributed by atoms with Gasteiger partial charge in [-0.05, 0) is 24.1 Å². The Bertz CT molecular complexity index is 730. The minimum Gasteiger partial charge on any atom is -0.484 e. The number of carbonyl (C=O) groups excluding carboxylic acids is 2. The van der Waals surface area contributed by atoms with Crippen molar-refractivity contribution < 1.29 is 19.1 Å². The minimum atomic E-state index is -0.411. The molecule has 1 amide bonds. The van der Waals surface area contributed by atoms with Gasteiger partial charge in [-0.3, -0.25) is 9.59 Å². The zero-order valence-electron chi connectivity index (χ0n) is 15.5. The molecule has 0 N–H and O–H groups in total. The molecule has 1 unspecified atom stereocenters. The number of carbonyl (C=O) groups is 2. The Kier molecular flexibility index (Phi) is 7.21. The van der Waals surface area contributed by atoms with Gasteiger partial charge < -0.3 is 14.4 Å². The lowest BCUT2D eigenvalue weighted by molar-refractivity contribution is -0.147. The van der Waals surface area contributed by atoms with Gasteiger partial charge in [0.25, 0.3) is 5.91 Å². The van der Waals surface area contributed by atoms with Crippen molar-refractivity contribution in [1.29, 1.82) is 0 Å². The molecule has 0 aromatic heterocycles. The number of aryl methyl sites for hydroxylation is 1. The molecule has 0 bridgehead atoms. The minimum absolute atomic E-state index is 0.0778. The van der Waals surface area contributed by atoms with Gasteiger partial charge in [-0.2, -0.15) is 0 Å². The number of benzene rings is 2. The Morgan fingerprint density at radius 1 is 1.04 bits per heavy atom. The molecule has 0 saturated carbocycles. The fourth-order valence-corrected chi connectivity index (χ4v) is 2.61. The van der Waals surface area contributed by atoms with Crippen molar-refractivity contribution in [2.75, 3.05) is 20.3 Å². The molecule has 0 fully saturated rings. The third kappa shape index (κ3) is 5.62. The third-order valence-electron chi connectivity index (χ3n) is 4.11. The fraction of sp³-hybridized carbons (Fsp3) is 0.333. The number of esters is 1. The highest BCUT2D eigenvalue weighted by Crippen LogP contribution is 2.17.